The van der Waals surface area contributed by atoms with Gasteiger partial charge in [0.05, 0.1) is 18.3 Å². The van der Waals surface area contributed by atoms with Crippen LogP contribution in [0.2, 0.25) is 0 Å². The molecule has 188 valence electrons. The summed E-state index contributed by atoms with van der Waals surface area (Å²) in [5.41, 5.74) is 9.78. The third-order valence-electron chi connectivity index (χ3n) is 7.93. The van der Waals surface area contributed by atoms with Gasteiger partial charge >= 0.3 is 0 Å². The Hall–Kier alpha value is -3.46. The number of aromatic nitrogens is 4. The number of carbonyl (C=O) groups excluding carboxylic acids is 1. The molecule has 36 heavy (non-hydrogen) atoms. The number of benzene rings is 1. The number of aryl methyl sites for hydroxylation is 1. The number of halogens is 1. The van der Waals surface area contributed by atoms with E-state index in [2.05, 4.69) is 16.5 Å². The molecule has 1 amide bonds. The van der Waals surface area contributed by atoms with Gasteiger partial charge in [0, 0.05) is 43.2 Å². The standard InChI is InChI=1S/C27H31FN6O2/c1-14-12-33(15(2)23(14)29)27(35)18-9-19-24(21(11-18)36-4)32(3)26(30-19)20-10-17-7-8-22(28)31-25(17)34(20)13-16-5-6-16/h7-11,14-16,23H,5-6,12-13,29H2,1-4H3/t14-,15?,23?/m1/s1. The van der Waals surface area contributed by atoms with Crippen molar-refractivity contribution in [2.75, 3.05) is 13.7 Å². The zero-order valence-corrected chi connectivity index (χ0v) is 21.0. The lowest BCUT2D eigenvalue weighted by atomic mass is 10.0. The summed E-state index contributed by atoms with van der Waals surface area (Å²) in [4.78, 5) is 24.5. The lowest BCUT2D eigenvalue weighted by molar-refractivity contribution is 0.0739. The van der Waals surface area contributed by atoms with Gasteiger partial charge < -0.3 is 24.5 Å². The monoisotopic (exact) mass is 490 g/mol. The first-order chi connectivity index (χ1) is 17.3. The zero-order chi connectivity index (χ0) is 25.3. The third kappa shape index (κ3) is 3.56. The molecular weight excluding hydrogens is 459 g/mol. The molecule has 3 aromatic heterocycles. The highest BCUT2D eigenvalue weighted by atomic mass is 19.1. The molecule has 1 saturated heterocycles. The second kappa shape index (κ2) is 8.30. The molecule has 2 fully saturated rings. The maximum Gasteiger partial charge on any atom is 0.254 e. The average molecular weight is 491 g/mol. The Morgan fingerprint density at radius 3 is 2.64 bits per heavy atom. The molecule has 0 spiro atoms. The zero-order valence-electron chi connectivity index (χ0n) is 21.0. The number of imidazole rings is 1. The highest BCUT2D eigenvalue weighted by Crippen LogP contribution is 2.38. The summed E-state index contributed by atoms with van der Waals surface area (Å²) in [6.45, 7) is 5.46. The van der Waals surface area contributed by atoms with Gasteiger partial charge in [-0.15, -0.1) is 0 Å². The number of methoxy groups -OCH3 is 1. The fraction of sp³-hybridized carbons (Fsp3) is 0.444. The number of fused-ring (bicyclic) bond motifs is 2. The number of pyridine rings is 1. The van der Waals surface area contributed by atoms with Crippen LogP contribution in [0, 0.1) is 17.8 Å². The van der Waals surface area contributed by atoms with Crippen LogP contribution in [0.1, 0.15) is 37.0 Å². The lowest BCUT2D eigenvalue weighted by Crippen LogP contribution is -2.40. The van der Waals surface area contributed by atoms with E-state index in [4.69, 9.17) is 15.5 Å². The number of amides is 1. The predicted octanol–water partition coefficient (Wildman–Crippen LogP) is 3.96. The molecule has 4 heterocycles. The molecule has 4 aromatic rings. The van der Waals surface area contributed by atoms with E-state index in [0.29, 0.717) is 34.9 Å². The lowest BCUT2D eigenvalue weighted by Gasteiger charge is -2.23. The van der Waals surface area contributed by atoms with Gasteiger partial charge in [-0.2, -0.15) is 4.39 Å². The van der Waals surface area contributed by atoms with Crippen molar-refractivity contribution >= 4 is 28.0 Å². The molecule has 9 heteroatoms. The molecule has 2 N–H and O–H groups in total. The first-order valence-electron chi connectivity index (χ1n) is 12.5. The summed E-state index contributed by atoms with van der Waals surface area (Å²) in [6, 6.07) is 8.68. The van der Waals surface area contributed by atoms with Crippen molar-refractivity contribution in [3.05, 3.63) is 41.8 Å². The molecule has 2 unspecified atom stereocenters. The van der Waals surface area contributed by atoms with Gasteiger partial charge in [0.25, 0.3) is 5.91 Å². The van der Waals surface area contributed by atoms with Crippen LogP contribution in [0.5, 0.6) is 5.75 Å². The van der Waals surface area contributed by atoms with Crippen molar-refractivity contribution in [1.82, 2.24) is 24.0 Å². The van der Waals surface area contributed by atoms with Crippen LogP contribution in [-0.4, -0.2) is 55.6 Å². The van der Waals surface area contributed by atoms with Crippen LogP contribution in [0.25, 0.3) is 33.6 Å². The van der Waals surface area contributed by atoms with Crippen molar-refractivity contribution in [2.45, 2.75) is 45.3 Å². The van der Waals surface area contributed by atoms with E-state index < -0.39 is 5.95 Å². The number of hydrogen-bond acceptors (Lipinski definition) is 5. The number of ether oxygens (including phenoxy) is 1. The van der Waals surface area contributed by atoms with Crippen LogP contribution in [-0.2, 0) is 13.6 Å². The van der Waals surface area contributed by atoms with E-state index in [0.717, 1.165) is 41.8 Å². The fourth-order valence-electron chi connectivity index (χ4n) is 5.57. The highest BCUT2D eigenvalue weighted by molar-refractivity contribution is 6.00. The quantitative estimate of drug-likeness (QED) is 0.428. The van der Waals surface area contributed by atoms with Crippen LogP contribution < -0.4 is 10.5 Å². The van der Waals surface area contributed by atoms with Crippen LogP contribution >= 0.6 is 0 Å². The molecule has 3 atom stereocenters. The van der Waals surface area contributed by atoms with Gasteiger partial charge in [0.15, 0.2) is 5.82 Å². The summed E-state index contributed by atoms with van der Waals surface area (Å²) in [5, 5.41) is 0.871. The molecule has 1 saturated carbocycles. The Balaban J connectivity index is 1.48. The van der Waals surface area contributed by atoms with Gasteiger partial charge in [-0.05, 0) is 61.9 Å². The van der Waals surface area contributed by atoms with E-state index in [1.165, 1.54) is 6.07 Å². The van der Waals surface area contributed by atoms with E-state index in [9.17, 15) is 9.18 Å². The Labute approximate surface area is 208 Å². The molecule has 1 aromatic carbocycles. The molecule has 1 aliphatic carbocycles. The Kier molecular flexibility index (Phi) is 5.29. The number of nitrogens with two attached hydrogens (primary N) is 1. The molecule has 0 radical (unpaired) electrons. The van der Waals surface area contributed by atoms with Crippen molar-refractivity contribution in [3.63, 3.8) is 0 Å². The van der Waals surface area contributed by atoms with E-state index >= 15 is 0 Å². The second-order valence-electron chi connectivity index (χ2n) is 10.4. The van der Waals surface area contributed by atoms with Gasteiger partial charge in [0.2, 0.25) is 5.95 Å². The first-order valence-corrected chi connectivity index (χ1v) is 12.5. The summed E-state index contributed by atoms with van der Waals surface area (Å²) < 4.78 is 23.8. The molecule has 6 rings (SSSR count). The highest BCUT2D eigenvalue weighted by Gasteiger charge is 2.37. The molecule has 8 nitrogen and oxygen atoms in total. The minimum atomic E-state index is -0.496. The largest absolute Gasteiger partial charge is 0.494 e. The van der Waals surface area contributed by atoms with Crippen molar-refractivity contribution in [2.24, 2.45) is 24.6 Å². The number of hydrogen-bond donors (Lipinski definition) is 1. The van der Waals surface area contributed by atoms with Crippen LogP contribution in [0.15, 0.2) is 30.3 Å². The van der Waals surface area contributed by atoms with Gasteiger partial charge in [-0.3, -0.25) is 4.79 Å². The van der Waals surface area contributed by atoms with Gasteiger partial charge in [0.1, 0.15) is 16.9 Å². The average Bonchev–Trinajstić information content (AvgIpc) is 3.47. The van der Waals surface area contributed by atoms with Crippen LogP contribution in [0.4, 0.5) is 4.39 Å². The SMILES string of the molecule is COc1cc(C(=O)N2C[C@@H](C)C(N)C2C)cc2nc(-c3cc4ccc(F)nc4n3CC3CC3)n(C)c12. The second-order valence-corrected chi connectivity index (χ2v) is 10.4. The van der Waals surface area contributed by atoms with Gasteiger partial charge in [-0.1, -0.05) is 6.92 Å². The van der Waals surface area contributed by atoms with Crippen molar-refractivity contribution in [1.29, 1.82) is 0 Å². The van der Waals surface area contributed by atoms with Gasteiger partial charge in [-0.25, -0.2) is 9.97 Å². The third-order valence-corrected chi connectivity index (χ3v) is 7.93. The summed E-state index contributed by atoms with van der Waals surface area (Å²) >= 11 is 0. The molecule has 1 aliphatic heterocycles. The Bertz CT molecular complexity index is 1500. The minimum absolute atomic E-state index is 0.0421. The van der Waals surface area contributed by atoms with Crippen molar-refractivity contribution < 1.29 is 13.9 Å². The fourth-order valence-corrected chi connectivity index (χ4v) is 5.57. The van der Waals surface area contributed by atoms with E-state index in [1.54, 1.807) is 19.2 Å². The minimum Gasteiger partial charge on any atom is -0.494 e. The summed E-state index contributed by atoms with van der Waals surface area (Å²) in [7, 11) is 3.54. The molecule has 0 bridgehead atoms. The number of carbonyl (C=O) groups is 1. The van der Waals surface area contributed by atoms with E-state index in [-0.39, 0.29) is 23.9 Å². The number of likely N-dealkylation sites (tertiary alicyclic amines) is 1. The van der Waals surface area contributed by atoms with Crippen LogP contribution in [0.3, 0.4) is 0 Å². The molecular formula is C27H31FN6O2. The van der Waals surface area contributed by atoms with Crippen molar-refractivity contribution in [3.8, 4) is 17.3 Å². The Morgan fingerprint density at radius 2 is 1.97 bits per heavy atom. The predicted molar refractivity (Wildman–Crippen MR) is 136 cm³/mol. The maximum absolute atomic E-state index is 14.0. The smallest absolute Gasteiger partial charge is 0.254 e. The summed E-state index contributed by atoms with van der Waals surface area (Å²) in [5.74, 6) is 1.53. The topological polar surface area (TPSA) is 91.2 Å². The first kappa shape index (κ1) is 23.0. The number of nitrogens with zero attached hydrogens (tertiary/aromatic N) is 5. The normalized spacial score (nSPS) is 22.2. The summed E-state index contributed by atoms with van der Waals surface area (Å²) in [6.07, 6.45) is 2.32. The van der Waals surface area contributed by atoms with E-state index in [1.807, 2.05) is 35.6 Å². The maximum atomic E-state index is 14.0. The number of rotatable bonds is 5. The molecule has 2 aliphatic rings. The Morgan fingerprint density at radius 1 is 1.19 bits per heavy atom.